The van der Waals surface area contributed by atoms with Crippen molar-refractivity contribution < 1.29 is 4.79 Å². The Balaban J connectivity index is 2.36. The van der Waals surface area contributed by atoms with Crippen LogP contribution in [0, 0.1) is 0 Å². The minimum absolute atomic E-state index is 0.240. The fourth-order valence-corrected chi connectivity index (χ4v) is 1.90. The highest BCUT2D eigenvalue weighted by molar-refractivity contribution is 5.77. The summed E-state index contributed by atoms with van der Waals surface area (Å²) in [7, 11) is 0. The molecule has 2 heterocycles. The molecule has 2 aromatic heterocycles. The van der Waals surface area contributed by atoms with E-state index in [2.05, 4.69) is 27.5 Å². The highest BCUT2D eigenvalue weighted by Crippen LogP contribution is 2.18. The van der Waals surface area contributed by atoms with Crippen LogP contribution >= 0.6 is 0 Å². The van der Waals surface area contributed by atoms with Crippen LogP contribution in [0.15, 0.2) is 12.4 Å². The lowest BCUT2D eigenvalue weighted by atomic mass is 10.1. The van der Waals surface area contributed by atoms with Gasteiger partial charge in [0.2, 0.25) is 0 Å². The van der Waals surface area contributed by atoms with Gasteiger partial charge in [0.1, 0.15) is 0 Å². The van der Waals surface area contributed by atoms with Crippen molar-refractivity contribution in [1.29, 1.82) is 0 Å². The molecule has 2 aromatic rings. The Kier molecular flexibility index (Phi) is 4.03. The zero-order valence-electron chi connectivity index (χ0n) is 11.4. The van der Waals surface area contributed by atoms with Gasteiger partial charge in [-0.2, -0.15) is 9.36 Å². The smallest absolute Gasteiger partial charge is 0.243 e. The molecule has 0 aliphatic carbocycles. The predicted molar refractivity (Wildman–Crippen MR) is 68.9 cm³/mol. The van der Waals surface area contributed by atoms with E-state index in [9.17, 15) is 4.79 Å². The Labute approximate surface area is 111 Å². The molecule has 0 N–H and O–H groups in total. The topological polar surface area (TPSA) is 78.5 Å². The molecule has 2 rings (SSSR count). The molecule has 0 aromatic carbocycles. The van der Waals surface area contributed by atoms with Gasteiger partial charge in [0.25, 0.3) is 0 Å². The minimum atomic E-state index is -0.344. The van der Waals surface area contributed by atoms with Gasteiger partial charge >= 0.3 is 6.03 Å². The van der Waals surface area contributed by atoms with Gasteiger partial charge in [-0.15, -0.1) is 10.2 Å². The van der Waals surface area contributed by atoms with Crippen molar-refractivity contribution in [1.82, 2.24) is 30.0 Å². The summed E-state index contributed by atoms with van der Waals surface area (Å²) in [5.41, 5.74) is 1.75. The van der Waals surface area contributed by atoms with Crippen molar-refractivity contribution in [3.8, 4) is 0 Å². The van der Waals surface area contributed by atoms with E-state index in [0.717, 1.165) is 35.3 Å². The molecular weight excluding hydrogens is 244 g/mol. The standard InChI is InChI=1S/C12H18N6O/c1-4-5-6-10-11(9(2)3)14-16-18(10)12(19)17-8-7-13-15-17/h7-9H,4-6H2,1-3H3. The van der Waals surface area contributed by atoms with Gasteiger partial charge in [0.05, 0.1) is 23.8 Å². The second-order valence-electron chi connectivity index (χ2n) is 4.72. The van der Waals surface area contributed by atoms with Crippen molar-refractivity contribution in [2.24, 2.45) is 0 Å². The van der Waals surface area contributed by atoms with Gasteiger partial charge in [-0.25, -0.2) is 4.79 Å². The summed E-state index contributed by atoms with van der Waals surface area (Å²) < 4.78 is 2.49. The molecule has 0 atom stereocenters. The molecule has 0 bridgehead atoms. The summed E-state index contributed by atoms with van der Waals surface area (Å²) >= 11 is 0. The zero-order valence-corrected chi connectivity index (χ0v) is 11.4. The molecule has 19 heavy (non-hydrogen) atoms. The zero-order chi connectivity index (χ0) is 13.8. The lowest BCUT2D eigenvalue weighted by Gasteiger charge is -2.07. The molecule has 102 valence electrons. The number of aromatic nitrogens is 6. The van der Waals surface area contributed by atoms with E-state index in [4.69, 9.17) is 0 Å². The molecule has 0 saturated carbocycles. The Morgan fingerprint density at radius 1 is 1.37 bits per heavy atom. The van der Waals surface area contributed by atoms with Crippen LogP contribution in [0.2, 0.25) is 0 Å². The number of hydrogen-bond acceptors (Lipinski definition) is 5. The van der Waals surface area contributed by atoms with Crippen LogP contribution in [0.25, 0.3) is 0 Å². The molecular formula is C12H18N6O. The van der Waals surface area contributed by atoms with E-state index < -0.39 is 0 Å². The average molecular weight is 262 g/mol. The first-order chi connectivity index (χ1) is 9.15. The highest BCUT2D eigenvalue weighted by atomic mass is 16.2. The van der Waals surface area contributed by atoms with Crippen LogP contribution in [0.1, 0.15) is 50.9 Å². The van der Waals surface area contributed by atoms with Crippen LogP contribution in [0.3, 0.4) is 0 Å². The average Bonchev–Trinajstić information content (AvgIpc) is 3.04. The summed E-state index contributed by atoms with van der Waals surface area (Å²) in [6, 6.07) is -0.344. The number of hydrogen-bond donors (Lipinski definition) is 0. The van der Waals surface area contributed by atoms with Gasteiger partial charge in [-0.1, -0.05) is 37.6 Å². The van der Waals surface area contributed by atoms with Crippen LogP contribution in [0.4, 0.5) is 4.79 Å². The third-order valence-corrected chi connectivity index (χ3v) is 2.91. The van der Waals surface area contributed by atoms with E-state index >= 15 is 0 Å². The first-order valence-corrected chi connectivity index (χ1v) is 6.50. The minimum Gasteiger partial charge on any atom is -0.243 e. The fourth-order valence-electron chi connectivity index (χ4n) is 1.90. The first-order valence-electron chi connectivity index (χ1n) is 6.50. The van der Waals surface area contributed by atoms with E-state index in [0.29, 0.717) is 0 Å². The van der Waals surface area contributed by atoms with Crippen LogP contribution in [0.5, 0.6) is 0 Å². The summed E-state index contributed by atoms with van der Waals surface area (Å²) in [6.07, 6.45) is 5.81. The lowest BCUT2D eigenvalue weighted by Crippen LogP contribution is -2.23. The molecule has 7 heteroatoms. The van der Waals surface area contributed by atoms with Crippen LogP contribution < -0.4 is 0 Å². The largest absolute Gasteiger partial charge is 0.372 e. The number of unbranched alkanes of at least 4 members (excludes halogenated alkanes) is 1. The summed E-state index contributed by atoms with van der Waals surface area (Å²) in [6.45, 7) is 6.20. The van der Waals surface area contributed by atoms with Gasteiger partial charge in [-0.3, -0.25) is 0 Å². The van der Waals surface area contributed by atoms with Crippen molar-refractivity contribution in [3.63, 3.8) is 0 Å². The Morgan fingerprint density at radius 3 is 2.74 bits per heavy atom. The lowest BCUT2D eigenvalue weighted by molar-refractivity contribution is 0.236. The maximum absolute atomic E-state index is 12.2. The molecule has 0 saturated heterocycles. The second-order valence-corrected chi connectivity index (χ2v) is 4.72. The highest BCUT2D eigenvalue weighted by Gasteiger charge is 2.20. The third kappa shape index (κ3) is 2.69. The van der Waals surface area contributed by atoms with Gasteiger partial charge in [0.15, 0.2) is 0 Å². The Hall–Kier alpha value is -2.05. The molecule has 0 amide bonds. The van der Waals surface area contributed by atoms with Gasteiger partial charge in [-0.05, 0) is 18.8 Å². The molecule has 0 unspecified atom stereocenters. The quantitative estimate of drug-likeness (QED) is 0.840. The Morgan fingerprint density at radius 2 is 2.16 bits per heavy atom. The Bertz CT molecular complexity index is 543. The van der Waals surface area contributed by atoms with E-state index in [1.165, 1.54) is 17.1 Å². The number of nitrogens with zero attached hydrogens (tertiary/aromatic N) is 6. The summed E-state index contributed by atoms with van der Waals surface area (Å²) in [5.74, 6) is 0.240. The monoisotopic (exact) mass is 262 g/mol. The van der Waals surface area contributed by atoms with Crippen LogP contribution in [-0.4, -0.2) is 36.0 Å². The van der Waals surface area contributed by atoms with Crippen molar-refractivity contribution in [3.05, 3.63) is 23.8 Å². The molecule has 0 aliphatic heterocycles. The van der Waals surface area contributed by atoms with Crippen molar-refractivity contribution in [2.45, 2.75) is 46.0 Å². The van der Waals surface area contributed by atoms with E-state index in [1.54, 1.807) is 0 Å². The number of carbonyl (C=O) groups is 1. The molecule has 0 fully saturated rings. The molecule has 0 radical (unpaired) electrons. The number of rotatable bonds is 4. The van der Waals surface area contributed by atoms with Gasteiger partial charge < -0.3 is 0 Å². The molecule has 0 spiro atoms. The second kappa shape index (κ2) is 5.73. The first kappa shape index (κ1) is 13.4. The van der Waals surface area contributed by atoms with Crippen LogP contribution in [-0.2, 0) is 6.42 Å². The van der Waals surface area contributed by atoms with E-state index in [1.807, 2.05) is 13.8 Å². The van der Waals surface area contributed by atoms with Gasteiger partial charge in [0, 0.05) is 0 Å². The number of carbonyl (C=O) groups excluding carboxylic acids is 1. The van der Waals surface area contributed by atoms with Crippen molar-refractivity contribution in [2.75, 3.05) is 0 Å². The SMILES string of the molecule is CCCCc1c(C(C)C)nnn1C(=O)n1ccnn1. The summed E-state index contributed by atoms with van der Waals surface area (Å²) in [4.78, 5) is 12.2. The fraction of sp³-hybridized carbons (Fsp3) is 0.583. The molecule has 0 aliphatic rings. The predicted octanol–water partition coefficient (Wildman–Crippen LogP) is 1.85. The third-order valence-electron chi connectivity index (χ3n) is 2.91. The maximum atomic E-state index is 12.2. The maximum Gasteiger partial charge on any atom is 0.372 e. The van der Waals surface area contributed by atoms with Crippen molar-refractivity contribution >= 4 is 6.03 Å². The summed E-state index contributed by atoms with van der Waals surface area (Å²) in [5, 5.41) is 15.4. The molecule has 7 nitrogen and oxygen atoms in total. The van der Waals surface area contributed by atoms with E-state index in [-0.39, 0.29) is 11.9 Å². The normalized spacial score (nSPS) is 11.2.